The van der Waals surface area contributed by atoms with Gasteiger partial charge in [-0.15, -0.1) is 0 Å². The van der Waals surface area contributed by atoms with Gasteiger partial charge in [-0.25, -0.2) is 0 Å². The Kier molecular flexibility index (Phi) is 6.65. The van der Waals surface area contributed by atoms with Crippen molar-refractivity contribution in [2.24, 2.45) is 0 Å². The number of carbonyl (C=O) groups is 1. The molecule has 0 aliphatic carbocycles. The fraction of sp³-hybridized carbons (Fsp3) is 0.625. The van der Waals surface area contributed by atoms with Crippen molar-refractivity contribution in [1.82, 2.24) is 5.32 Å². The van der Waals surface area contributed by atoms with Crippen LogP contribution in [-0.2, 0) is 4.79 Å². The van der Waals surface area contributed by atoms with Crippen molar-refractivity contribution in [2.45, 2.75) is 6.92 Å². The quantitative estimate of drug-likeness (QED) is 0.261. The Morgan fingerprint density at radius 2 is 1.83 bits per heavy atom. The van der Waals surface area contributed by atoms with Crippen LogP contribution in [0.1, 0.15) is 6.92 Å². The number of rotatable bonds is 3. The lowest BCUT2D eigenvalue weighted by atomic mass is 10.3. The van der Waals surface area contributed by atoms with Gasteiger partial charge in [-0.1, -0.05) is 6.58 Å². The molecule has 0 aliphatic rings. The second kappa shape index (κ2) is 5.53. The van der Waals surface area contributed by atoms with Crippen LogP contribution in [0.4, 0.5) is 0 Å². The predicted molar refractivity (Wildman–Crippen MR) is 45.9 cm³/mol. The fourth-order valence-corrected chi connectivity index (χ4v) is 0.460. The van der Waals surface area contributed by atoms with Crippen LogP contribution < -0.4 is 29.3 Å². The molecular weight excluding hydrogens is 267 g/mol. The standard InChI is InChI=1S/C8H16N2O.HI/c1-7(2)8(11)9-6-10(3,4)5;/h1,6H2,2-5H3;1H. The normalized spacial score (nSPS) is 10.0. The summed E-state index contributed by atoms with van der Waals surface area (Å²) in [4.78, 5) is 11.0. The third kappa shape index (κ3) is 8.00. The molecule has 0 saturated heterocycles. The molecule has 1 amide bonds. The molecule has 1 N–H and O–H groups in total. The molecule has 0 heterocycles. The molecule has 0 atom stereocenters. The van der Waals surface area contributed by atoms with E-state index < -0.39 is 0 Å². The van der Waals surface area contributed by atoms with Crippen molar-refractivity contribution in [3.8, 4) is 0 Å². The van der Waals surface area contributed by atoms with Gasteiger partial charge in [0.2, 0.25) is 0 Å². The Balaban J connectivity index is 0. The Hall–Kier alpha value is -0.100. The lowest BCUT2D eigenvalue weighted by Crippen LogP contribution is -3.00. The van der Waals surface area contributed by atoms with Crippen molar-refractivity contribution in [1.29, 1.82) is 0 Å². The average molecular weight is 284 g/mol. The van der Waals surface area contributed by atoms with Crippen LogP contribution in [0, 0.1) is 0 Å². The summed E-state index contributed by atoms with van der Waals surface area (Å²) in [5, 5.41) is 2.76. The van der Waals surface area contributed by atoms with Crippen LogP contribution in [0.3, 0.4) is 0 Å². The third-order valence-corrected chi connectivity index (χ3v) is 1.10. The van der Waals surface area contributed by atoms with E-state index in [0.717, 1.165) is 4.48 Å². The number of halogens is 1. The summed E-state index contributed by atoms with van der Waals surface area (Å²) in [5.41, 5.74) is 0.554. The zero-order valence-corrected chi connectivity index (χ0v) is 10.3. The van der Waals surface area contributed by atoms with Crippen LogP contribution >= 0.6 is 0 Å². The summed E-state index contributed by atoms with van der Waals surface area (Å²) in [6.07, 6.45) is 0. The highest BCUT2D eigenvalue weighted by Crippen LogP contribution is 1.89. The molecule has 0 spiro atoms. The van der Waals surface area contributed by atoms with Gasteiger partial charge in [-0.2, -0.15) is 0 Å². The summed E-state index contributed by atoms with van der Waals surface area (Å²) in [6, 6.07) is 0. The second-order valence-corrected chi connectivity index (χ2v) is 3.73. The van der Waals surface area contributed by atoms with E-state index in [-0.39, 0.29) is 29.9 Å². The number of amides is 1. The largest absolute Gasteiger partial charge is 1.00 e. The molecule has 0 aromatic carbocycles. The highest BCUT2D eigenvalue weighted by atomic mass is 127. The molecule has 0 bridgehead atoms. The van der Waals surface area contributed by atoms with Crippen LogP contribution in [0.5, 0.6) is 0 Å². The first-order valence-corrected chi connectivity index (χ1v) is 3.57. The van der Waals surface area contributed by atoms with E-state index in [9.17, 15) is 4.79 Å². The molecule has 0 radical (unpaired) electrons. The molecule has 0 aromatic rings. The van der Waals surface area contributed by atoms with Gasteiger partial charge in [0.05, 0.1) is 21.1 Å². The second-order valence-electron chi connectivity index (χ2n) is 3.73. The first-order chi connectivity index (χ1) is 4.83. The van der Waals surface area contributed by atoms with E-state index in [2.05, 4.69) is 11.9 Å². The minimum Gasteiger partial charge on any atom is -1.00 e. The first-order valence-electron chi connectivity index (χ1n) is 3.57. The third-order valence-electron chi connectivity index (χ3n) is 1.10. The zero-order valence-electron chi connectivity index (χ0n) is 8.15. The number of nitrogens with zero attached hydrogens (tertiary/aromatic N) is 1. The molecule has 0 fully saturated rings. The number of carbonyl (C=O) groups excluding carboxylic acids is 1. The van der Waals surface area contributed by atoms with E-state index in [1.54, 1.807) is 6.92 Å². The monoisotopic (exact) mass is 284 g/mol. The topological polar surface area (TPSA) is 29.1 Å². The van der Waals surface area contributed by atoms with E-state index in [0.29, 0.717) is 12.2 Å². The molecule has 0 aromatic heterocycles. The molecule has 0 aliphatic heterocycles. The first kappa shape index (κ1) is 14.4. The highest BCUT2D eigenvalue weighted by Gasteiger charge is 2.08. The average Bonchev–Trinajstić information content (AvgIpc) is 1.80. The van der Waals surface area contributed by atoms with E-state index in [4.69, 9.17) is 0 Å². The minimum atomic E-state index is -0.0712. The Bertz CT molecular complexity index is 172. The number of hydrogen-bond donors (Lipinski definition) is 1. The summed E-state index contributed by atoms with van der Waals surface area (Å²) >= 11 is 0. The van der Waals surface area contributed by atoms with Gasteiger partial charge in [0.25, 0.3) is 5.91 Å². The molecular formula is C8H17IN2O. The smallest absolute Gasteiger partial charge is 0.250 e. The lowest BCUT2D eigenvalue weighted by Gasteiger charge is -2.23. The van der Waals surface area contributed by atoms with Gasteiger partial charge in [-0.3, -0.25) is 4.79 Å². The summed E-state index contributed by atoms with van der Waals surface area (Å²) in [7, 11) is 6.04. The zero-order chi connectivity index (χ0) is 9.07. The van der Waals surface area contributed by atoms with Crippen LogP contribution in [0.2, 0.25) is 0 Å². The predicted octanol–water partition coefficient (Wildman–Crippen LogP) is -2.65. The minimum absolute atomic E-state index is 0. The van der Waals surface area contributed by atoms with Gasteiger partial charge in [0.1, 0.15) is 0 Å². The fourth-order valence-electron chi connectivity index (χ4n) is 0.460. The Labute approximate surface area is 91.4 Å². The summed E-state index contributed by atoms with van der Waals surface area (Å²) < 4.78 is 0.721. The van der Waals surface area contributed by atoms with Crippen molar-refractivity contribution in [3.05, 3.63) is 12.2 Å². The van der Waals surface area contributed by atoms with Crippen molar-refractivity contribution in [2.75, 3.05) is 27.8 Å². The molecule has 3 nitrogen and oxygen atoms in total. The van der Waals surface area contributed by atoms with Crippen molar-refractivity contribution < 1.29 is 33.3 Å². The number of quaternary nitrogens is 1. The van der Waals surface area contributed by atoms with Crippen molar-refractivity contribution in [3.63, 3.8) is 0 Å². The molecule has 0 saturated carbocycles. The maximum atomic E-state index is 11.0. The molecule has 0 rings (SSSR count). The van der Waals surface area contributed by atoms with Crippen LogP contribution in [0.25, 0.3) is 0 Å². The van der Waals surface area contributed by atoms with E-state index in [1.165, 1.54) is 0 Å². The van der Waals surface area contributed by atoms with Crippen LogP contribution in [-0.4, -0.2) is 38.2 Å². The lowest BCUT2D eigenvalue weighted by molar-refractivity contribution is -0.872. The molecule has 0 unspecified atom stereocenters. The summed E-state index contributed by atoms with van der Waals surface area (Å²) in [6.45, 7) is 5.87. The van der Waals surface area contributed by atoms with Gasteiger partial charge in [0, 0.05) is 5.57 Å². The van der Waals surface area contributed by atoms with Gasteiger partial charge >= 0.3 is 0 Å². The highest BCUT2D eigenvalue weighted by molar-refractivity contribution is 5.91. The van der Waals surface area contributed by atoms with E-state index in [1.807, 2.05) is 21.1 Å². The Morgan fingerprint density at radius 1 is 1.42 bits per heavy atom. The molecule has 72 valence electrons. The number of nitrogens with one attached hydrogen (secondary N) is 1. The van der Waals surface area contributed by atoms with Crippen LogP contribution in [0.15, 0.2) is 12.2 Å². The number of hydrogen-bond acceptors (Lipinski definition) is 1. The maximum absolute atomic E-state index is 11.0. The van der Waals surface area contributed by atoms with E-state index >= 15 is 0 Å². The molecule has 4 heteroatoms. The maximum Gasteiger partial charge on any atom is 0.250 e. The van der Waals surface area contributed by atoms with Crippen molar-refractivity contribution >= 4 is 5.91 Å². The summed E-state index contributed by atoms with van der Waals surface area (Å²) in [5.74, 6) is -0.0712. The SMILES string of the molecule is C=C(C)C(=O)NC[N+](C)(C)C.[I-]. The van der Waals surface area contributed by atoms with Gasteiger partial charge in [-0.05, 0) is 6.92 Å². The Morgan fingerprint density at radius 3 is 2.08 bits per heavy atom. The molecule has 12 heavy (non-hydrogen) atoms. The van der Waals surface area contributed by atoms with Gasteiger partial charge in [0.15, 0.2) is 6.67 Å². The van der Waals surface area contributed by atoms with Gasteiger partial charge < -0.3 is 33.8 Å².